The summed E-state index contributed by atoms with van der Waals surface area (Å²) in [5, 5.41) is 1.61. The van der Waals surface area contributed by atoms with Gasteiger partial charge in [0.05, 0.1) is 18.2 Å². The number of aryl methyl sites for hydroxylation is 1. The molecular weight excluding hydrogens is 374 g/mol. The molecule has 1 atom stereocenters. The van der Waals surface area contributed by atoms with E-state index in [2.05, 4.69) is 22.0 Å². The van der Waals surface area contributed by atoms with Gasteiger partial charge in [0, 0.05) is 48.2 Å². The third-order valence-corrected chi connectivity index (χ3v) is 5.50. The summed E-state index contributed by atoms with van der Waals surface area (Å²) < 4.78 is 11.4. The van der Waals surface area contributed by atoms with E-state index in [0.717, 1.165) is 47.5 Å². The Kier molecular flexibility index (Phi) is 5.64. The fraction of sp³-hybridized carbons (Fsp3) is 0.364. The standard InChI is InChI=1S/C22H24ClN3O2/c1-15-11-21(26-10-4-6-17(26)14-27-2)19-8-7-18(12-20(19)25-15)28-13-16-5-3-9-24-22(16)23/h3,5,7-9,11-12,17H,4,6,10,13-14H2,1-2H3/t17-/m0/s1. The summed E-state index contributed by atoms with van der Waals surface area (Å²) in [6.07, 6.45) is 4.01. The molecule has 0 saturated carbocycles. The van der Waals surface area contributed by atoms with E-state index >= 15 is 0 Å². The van der Waals surface area contributed by atoms with Crippen LogP contribution in [-0.4, -0.2) is 36.3 Å². The lowest BCUT2D eigenvalue weighted by atomic mass is 10.1. The van der Waals surface area contributed by atoms with Gasteiger partial charge in [0.25, 0.3) is 0 Å². The van der Waals surface area contributed by atoms with Crippen molar-refractivity contribution in [3.63, 3.8) is 0 Å². The molecule has 4 rings (SSSR count). The molecule has 3 heterocycles. The highest BCUT2D eigenvalue weighted by molar-refractivity contribution is 6.30. The Hall–Kier alpha value is -2.37. The van der Waals surface area contributed by atoms with Crippen molar-refractivity contribution in [2.45, 2.75) is 32.4 Å². The number of aromatic nitrogens is 2. The van der Waals surface area contributed by atoms with Crippen molar-refractivity contribution in [1.82, 2.24) is 9.97 Å². The van der Waals surface area contributed by atoms with Crippen molar-refractivity contribution < 1.29 is 9.47 Å². The number of benzene rings is 1. The average molecular weight is 398 g/mol. The first-order valence-electron chi connectivity index (χ1n) is 9.55. The lowest BCUT2D eigenvalue weighted by Crippen LogP contribution is -2.33. The number of halogens is 1. The van der Waals surface area contributed by atoms with Gasteiger partial charge in [0.15, 0.2) is 0 Å². The minimum absolute atomic E-state index is 0.374. The number of hydrogen-bond donors (Lipinski definition) is 0. The monoisotopic (exact) mass is 397 g/mol. The molecular formula is C22H24ClN3O2. The second-order valence-electron chi connectivity index (χ2n) is 7.15. The number of anilines is 1. The molecule has 0 unspecified atom stereocenters. The number of rotatable bonds is 6. The quantitative estimate of drug-likeness (QED) is 0.560. The van der Waals surface area contributed by atoms with E-state index < -0.39 is 0 Å². The highest BCUT2D eigenvalue weighted by atomic mass is 35.5. The average Bonchev–Trinajstić information content (AvgIpc) is 3.15. The lowest BCUT2D eigenvalue weighted by Gasteiger charge is -2.28. The molecule has 5 nitrogen and oxygen atoms in total. The van der Waals surface area contributed by atoms with Crippen molar-refractivity contribution in [2.24, 2.45) is 0 Å². The van der Waals surface area contributed by atoms with Gasteiger partial charge in [-0.1, -0.05) is 17.7 Å². The van der Waals surface area contributed by atoms with Crippen LogP contribution in [0.2, 0.25) is 5.15 Å². The van der Waals surface area contributed by atoms with Crippen molar-refractivity contribution in [2.75, 3.05) is 25.2 Å². The van der Waals surface area contributed by atoms with Gasteiger partial charge in [-0.05, 0) is 44.0 Å². The predicted octanol–water partition coefficient (Wildman–Crippen LogP) is 4.79. The smallest absolute Gasteiger partial charge is 0.135 e. The van der Waals surface area contributed by atoms with Gasteiger partial charge in [-0.2, -0.15) is 0 Å². The van der Waals surface area contributed by atoms with Crippen molar-refractivity contribution in [3.8, 4) is 5.75 Å². The van der Waals surface area contributed by atoms with Gasteiger partial charge in [0.1, 0.15) is 17.5 Å². The summed E-state index contributed by atoms with van der Waals surface area (Å²) in [7, 11) is 1.77. The Morgan fingerprint density at radius 2 is 2.14 bits per heavy atom. The Balaban J connectivity index is 1.62. The fourth-order valence-electron chi connectivity index (χ4n) is 3.85. The van der Waals surface area contributed by atoms with Crippen LogP contribution < -0.4 is 9.64 Å². The number of nitrogens with zero attached hydrogens (tertiary/aromatic N) is 3. The van der Waals surface area contributed by atoms with Crippen LogP contribution in [0.4, 0.5) is 5.69 Å². The van der Waals surface area contributed by atoms with Crippen LogP contribution in [0.25, 0.3) is 10.9 Å². The van der Waals surface area contributed by atoms with Crippen LogP contribution in [0.1, 0.15) is 24.1 Å². The molecule has 28 heavy (non-hydrogen) atoms. The van der Waals surface area contributed by atoms with E-state index in [1.165, 1.54) is 12.1 Å². The summed E-state index contributed by atoms with van der Waals surface area (Å²) in [5.41, 5.74) is 4.02. The van der Waals surface area contributed by atoms with Gasteiger partial charge in [-0.15, -0.1) is 0 Å². The SMILES string of the molecule is COC[C@@H]1CCCN1c1cc(C)nc2cc(OCc3cccnc3Cl)ccc12. The van der Waals surface area contributed by atoms with E-state index in [0.29, 0.717) is 17.8 Å². The highest BCUT2D eigenvalue weighted by Gasteiger charge is 2.26. The molecule has 0 spiro atoms. The van der Waals surface area contributed by atoms with Crippen LogP contribution in [0.5, 0.6) is 5.75 Å². The Bertz CT molecular complexity index is 979. The first-order valence-corrected chi connectivity index (χ1v) is 9.92. The minimum Gasteiger partial charge on any atom is -0.489 e. The minimum atomic E-state index is 0.374. The number of pyridine rings is 2. The molecule has 0 N–H and O–H groups in total. The predicted molar refractivity (Wildman–Crippen MR) is 112 cm³/mol. The van der Waals surface area contributed by atoms with Crippen molar-refractivity contribution in [3.05, 3.63) is 59.0 Å². The third-order valence-electron chi connectivity index (χ3n) is 5.16. The van der Waals surface area contributed by atoms with E-state index in [1.807, 2.05) is 31.2 Å². The first-order chi connectivity index (χ1) is 13.7. The number of methoxy groups -OCH3 is 1. The maximum atomic E-state index is 6.12. The number of fused-ring (bicyclic) bond motifs is 1. The van der Waals surface area contributed by atoms with E-state index in [9.17, 15) is 0 Å². The molecule has 1 saturated heterocycles. The zero-order valence-corrected chi connectivity index (χ0v) is 16.9. The molecule has 146 valence electrons. The molecule has 3 aromatic rings. The topological polar surface area (TPSA) is 47.5 Å². The molecule has 0 radical (unpaired) electrons. The summed E-state index contributed by atoms with van der Waals surface area (Å²) in [5.74, 6) is 0.770. The Labute approximate surface area is 170 Å². The summed E-state index contributed by atoms with van der Waals surface area (Å²) >= 11 is 6.12. The summed E-state index contributed by atoms with van der Waals surface area (Å²) in [6, 6.07) is 12.4. The van der Waals surface area contributed by atoms with Crippen LogP contribution in [0.15, 0.2) is 42.6 Å². The molecule has 0 amide bonds. The van der Waals surface area contributed by atoms with Crippen LogP contribution >= 0.6 is 11.6 Å². The van der Waals surface area contributed by atoms with Gasteiger partial charge in [-0.3, -0.25) is 4.98 Å². The largest absolute Gasteiger partial charge is 0.489 e. The number of ether oxygens (including phenoxy) is 2. The lowest BCUT2D eigenvalue weighted by molar-refractivity contribution is 0.181. The molecule has 0 bridgehead atoms. The van der Waals surface area contributed by atoms with E-state index in [-0.39, 0.29) is 0 Å². The molecule has 1 fully saturated rings. The summed E-state index contributed by atoms with van der Waals surface area (Å²) in [6.45, 7) is 4.20. The zero-order chi connectivity index (χ0) is 19.5. The molecule has 1 aliphatic rings. The molecule has 6 heteroatoms. The van der Waals surface area contributed by atoms with Gasteiger partial charge in [0.2, 0.25) is 0 Å². The van der Waals surface area contributed by atoms with Crippen molar-refractivity contribution >= 4 is 28.2 Å². The first kappa shape index (κ1) is 19.0. The second kappa shape index (κ2) is 8.33. The van der Waals surface area contributed by atoms with Crippen LogP contribution in [0, 0.1) is 6.92 Å². The second-order valence-corrected chi connectivity index (χ2v) is 7.51. The maximum absolute atomic E-state index is 6.12. The molecule has 1 aliphatic heterocycles. The fourth-order valence-corrected chi connectivity index (χ4v) is 4.03. The zero-order valence-electron chi connectivity index (χ0n) is 16.2. The molecule has 2 aromatic heterocycles. The van der Waals surface area contributed by atoms with Crippen LogP contribution in [-0.2, 0) is 11.3 Å². The van der Waals surface area contributed by atoms with E-state index in [1.54, 1.807) is 13.3 Å². The Morgan fingerprint density at radius 3 is 2.96 bits per heavy atom. The molecule has 0 aliphatic carbocycles. The maximum Gasteiger partial charge on any atom is 0.135 e. The normalized spacial score (nSPS) is 16.7. The van der Waals surface area contributed by atoms with Crippen molar-refractivity contribution in [1.29, 1.82) is 0 Å². The highest BCUT2D eigenvalue weighted by Crippen LogP contribution is 2.34. The molecule has 1 aromatic carbocycles. The summed E-state index contributed by atoms with van der Waals surface area (Å²) in [4.78, 5) is 11.3. The van der Waals surface area contributed by atoms with Gasteiger partial charge >= 0.3 is 0 Å². The van der Waals surface area contributed by atoms with Gasteiger partial charge < -0.3 is 14.4 Å². The Morgan fingerprint density at radius 1 is 1.25 bits per heavy atom. The van der Waals surface area contributed by atoms with E-state index in [4.69, 9.17) is 26.1 Å². The number of hydrogen-bond acceptors (Lipinski definition) is 5. The van der Waals surface area contributed by atoms with Crippen LogP contribution in [0.3, 0.4) is 0 Å². The third kappa shape index (κ3) is 3.91. The van der Waals surface area contributed by atoms with Gasteiger partial charge in [-0.25, -0.2) is 4.98 Å².